The molecule has 2 aliphatic rings. The molecule has 11 heteroatoms. The molecule has 0 bridgehead atoms. The van der Waals surface area contributed by atoms with Crippen LogP contribution in [-0.4, -0.2) is 55.4 Å². The van der Waals surface area contributed by atoms with Crippen molar-refractivity contribution in [2.75, 3.05) is 31.9 Å². The van der Waals surface area contributed by atoms with Gasteiger partial charge >= 0.3 is 0 Å². The number of hydrazine groups is 1. The highest BCUT2D eigenvalue weighted by Crippen LogP contribution is 2.40. The molecular formula is C24H27Cl2N5O4. The Hall–Kier alpha value is -2.85. The molecule has 0 saturated carbocycles. The minimum atomic E-state index is -0.524. The third-order valence-corrected chi connectivity index (χ3v) is 6.54. The SMILES string of the molecule is COc1ccc(C2CC(C(=O)NN3CCCC3COCC(N)=O)=NN2c2ccc(Cl)cc2Cl)cc1. The van der Waals surface area contributed by atoms with Gasteiger partial charge in [0.25, 0.3) is 5.91 Å². The minimum Gasteiger partial charge on any atom is -0.497 e. The van der Waals surface area contributed by atoms with Crippen LogP contribution in [0.25, 0.3) is 0 Å². The van der Waals surface area contributed by atoms with E-state index in [4.69, 9.17) is 38.4 Å². The Morgan fingerprint density at radius 2 is 1.97 bits per heavy atom. The Bertz CT molecular complexity index is 1110. The molecule has 2 atom stereocenters. The van der Waals surface area contributed by atoms with Crippen molar-refractivity contribution in [2.24, 2.45) is 10.8 Å². The quantitative estimate of drug-likeness (QED) is 0.525. The third kappa shape index (κ3) is 6.05. The van der Waals surface area contributed by atoms with Gasteiger partial charge in [0.15, 0.2) is 0 Å². The summed E-state index contributed by atoms with van der Waals surface area (Å²) in [5, 5.41) is 9.21. The molecule has 2 aliphatic heterocycles. The number of carbonyl (C=O) groups excluding carboxylic acids is 2. The number of benzene rings is 2. The lowest BCUT2D eigenvalue weighted by molar-refractivity contribution is -0.125. The average molecular weight is 520 g/mol. The van der Waals surface area contributed by atoms with Crippen LogP contribution in [0.15, 0.2) is 47.6 Å². The normalized spacial score (nSPS) is 20.1. The number of nitrogens with zero attached hydrogens (tertiary/aromatic N) is 3. The van der Waals surface area contributed by atoms with Crippen molar-refractivity contribution < 1.29 is 19.1 Å². The van der Waals surface area contributed by atoms with E-state index in [9.17, 15) is 9.59 Å². The van der Waals surface area contributed by atoms with Crippen LogP contribution in [0.1, 0.15) is 30.9 Å². The van der Waals surface area contributed by atoms with E-state index in [-0.39, 0.29) is 24.6 Å². The summed E-state index contributed by atoms with van der Waals surface area (Å²) in [5.74, 6) is -0.0809. The fourth-order valence-electron chi connectivity index (χ4n) is 4.27. The zero-order valence-corrected chi connectivity index (χ0v) is 20.8. The van der Waals surface area contributed by atoms with Gasteiger partial charge in [-0.15, -0.1) is 0 Å². The summed E-state index contributed by atoms with van der Waals surface area (Å²) in [7, 11) is 1.61. The molecule has 9 nitrogen and oxygen atoms in total. The largest absolute Gasteiger partial charge is 0.497 e. The second-order valence-electron chi connectivity index (χ2n) is 8.39. The van der Waals surface area contributed by atoms with Crippen molar-refractivity contribution in [1.82, 2.24) is 10.4 Å². The summed E-state index contributed by atoms with van der Waals surface area (Å²) >= 11 is 12.6. The number of hydrogen-bond acceptors (Lipinski definition) is 7. The van der Waals surface area contributed by atoms with Crippen LogP contribution in [0.2, 0.25) is 10.0 Å². The van der Waals surface area contributed by atoms with Gasteiger partial charge < -0.3 is 15.2 Å². The third-order valence-electron chi connectivity index (χ3n) is 6.01. The molecule has 186 valence electrons. The van der Waals surface area contributed by atoms with Crippen LogP contribution in [0.3, 0.4) is 0 Å². The van der Waals surface area contributed by atoms with Crippen LogP contribution in [0.5, 0.6) is 5.75 Å². The Morgan fingerprint density at radius 3 is 2.66 bits per heavy atom. The van der Waals surface area contributed by atoms with Crippen LogP contribution in [0, 0.1) is 0 Å². The number of hydrazone groups is 1. The Balaban J connectivity index is 1.53. The molecule has 35 heavy (non-hydrogen) atoms. The highest BCUT2D eigenvalue weighted by Gasteiger charge is 2.35. The van der Waals surface area contributed by atoms with Crippen LogP contribution < -0.4 is 20.9 Å². The lowest BCUT2D eigenvalue weighted by Gasteiger charge is -2.25. The van der Waals surface area contributed by atoms with E-state index in [0.29, 0.717) is 41.0 Å². The van der Waals surface area contributed by atoms with Crippen molar-refractivity contribution in [3.05, 3.63) is 58.1 Å². The molecule has 0 aromatic heterocycles. The molecule has 0 radical (unpaired) electrons. The number of anilines is 1. The first-order valence-corrected chi connectivity index (χ1v) is 12.0. The molecule has 2 aromatic rings. The lowest BCUT2D eigenvalue weighted by atomic mass is 10.0. The number of amides is 2. The maximum absolute atomic E-state index is 13.2. The van der Waals surface area contributed by atoms with Gasteiger partial charge in [-0.1, -0.05) is 35.3 Å². The Kier molecular flexibility index (Phi) is 8.12. The summed E-state index contributed by atoms with van der Waals surface area (Å²) in [4.78, 5) is 24.2. The predicted molar refractivity (Wildman–Crippen MR) is 135 cm³/mol. The summed E-state index contributed by atoms with van der Waals surface area (Å²) in [6.45, 7) is 0.834. The maximum Gasteiger partial charge on any atom is 0.281 e. The summed E-state index contributed by atoms with van der Waals surface area (Å²) in [6.07, 6.45) is 2.12. The molecule has 4 rings (SSSR count). The molecule has 3 N–H and O–H groups in total. The van der Waals surface area contributed by atoms with Gasteiger partial charge in [-0.25, -0.2) is 5.01 Å². The Labute approximate surface area is 213 Å². The van der Waals surface area contributed by atoms with Gasteiger partial charge in [0, 0.05) is 18.0 Å². The van der Waals surface area contributed by atoms with Crippen molar-refractivity contribution in [3.8, 4) is 5.75 Å². The number of nitrogens with one attached hydrogen (secondary N) is 1. The summed E-state index contributed by atoms with van der Waals surface area (Å²) < 4.78 is 10.6. The van der Waals surface area contributed by atoms with E-state index in [1.165, 1.54) is 0 Å². The van der Waals surface area contributed by atoms with Gasteiger partial charge in [-0.05, 0) is 48.7 Å². The van der Waals surface area contributed by atoms with E-state index >= 15 is 0 Å². The van der Waals surface area contributed by atoms with Crippen LogP contribution >= 0.6 is 23.2 Å². The van der Waals surface area contributed by atoms with E-state index < -0.39 is 5.91 Å². The molecule has 0 aliphatic carbocycles. The number of methoxy groups -OCH3 is 1. The topological polar surface area (TPSA) is 109 Å². The first-order chi connectivity index (χ1) is 16.9. The lowest BCUT2D eigenvalue weighted by Crippen LogP contribution is -2.49. The number of hydrogen-bond donors (Lipinski definition) is 2. The fourth-order valence-corrected chi connectivity index (χ4v) is 4.76. The second-order valence-corrected chi connectivity index (χ2v) is 9.24. The van der Waals surface area contributed by atoms with E-state index in [2.05, 4.69) is 10.5 Å². The van der Waals surface area contributed by atoms with Crippen LogP contribution in [-0.2, 0) is 14.3 Å². The zero-order chi connectivity index (χ0) is 24.9. The van der Waals surface area contributed by atoms with Gasteiger partial charge in [0.1, 0.15) is 18.1 Å². The predicted octanol–water partition coefficient (Wildman–Crippen LogP) is 3.31. The summed E-state index contributed by atoms with van der Waals surface area (Å²) in [5.41, 5.74) is 10.1. The van der Waals surface area contributed by atoms with Gasteiger partial charge in [-0.2, -0.15) is 5.10 Å². The molecule has 2 amide bonds. The smallest absolute Gasteiger partial charge is 0.281 e. The standard InChI is InChI=1S/C24H27Cl2N5O4/c1-34-18-7-4-15(5-8-18)22-12-20(28-31(22)21-9-6-16(25)11-19(21)26)24(33)29-30-10-2-3-17(30)13-35-14-23(27)32/h4-9,11,17,22H,2-3,10,12-14H2,1H3,(H2,27,32)(H,29,33). The number of nitrogens with two attached hydrogens (primary N) is 1. The number of primary amides is 1. The molecular weight excluding hydrogens is 493 g/mol. The second kappa shape index (κ2) is 11.3. The van der Waals surface area contributed by atoms with Crippen molar-refractivity contribution >= 4 is 46.4 Å². The molecule has 1 saturated heterocycles. The van der Waals surface area contributed by atoms with Gasteiger partial charge in [-0.3, -0.25) is 20.0 Å². The molecule has 1 fully saturated rings. The molecule has 2 aromatic carbocycles. The number of rotatable bonds is 9. The fraction of sp³-hybridized carbons (Fsp3) is 0.375. The first kappa shape index (κ1) is 25.2. The summed E-state index contributed by atoms with van der Waals surface area (Å²) in [6, 6.07) is 12.5. The number of carbonyl (C=O) groups is 2. The van der Waals surface area contributed by atoms with Crippen LogP contribution in [0.4, 0.5) is 5.69 Å². The van der Waals surface area contributed by atoms with Crippen molar-refractivity contribution in [3.63, 3.8) is 0 Å². The highest BCUT2D eigenvalue weighted by molar-refractivity contribution is 6.40. The van der Waals surface area contributed by atoms with Crippen molar-refractivity contribution in [1.29, 1.82) is 0 Å². The number of halogens is 2. The molecule has 2 heterocycles. The zero-order valence-electron chi connectivity index (χ0n) is 19.2. The molecule has 0 spiro atoms. The van der Waals surface area contributed by atoms with Gasteiger partial charge in [0.05, 0.1) is 36.5 Å². The highest BCUT2D eigenvalue weighted by atomic mass is 35.5. The van der Waals surface area contributed by atoms with E-state index in [1.807, 2.05) is 29.3 Å². The van der Waals surface area contributed by atoms with E-state index in [1.54, 1.807) is 30.3 Å². The average Bonchev–Trinajstić information content (AvgIpc) is 3.46. The first-order valence-electron chi connectivity index (χ1n) is 11.2. The molecule has 2 unspecified atom stereocenters. The van der Waals surface area contributed by atoms with E-state index in [0.717, 1.165) is 24.2 Å². The van der Waals surface area contributed by atoms with Crippen molar-refractivity contribution in [2.45, 2.75) is 31.3 Å². The van der Waals surface area contributed by atoms with Gasteiger partial charge in [0.2, 0.25) is 5.91 Å². The monoisotopic (exact) mass is 519 g/mol. The maximum atomic E-state index is 13.2. The minimum absolute atomic E-state index is 0.0421. The number of ether oxygens (including phenoxy) is 2. The Morgan fingerprint density at radius 1 is 1.20 bits per heavy atom.